The molecule has 0 bridgehead atoms. The van der Waals surface area contributed by atoms with Gasteiger partial charge in [-0.25, -0.2) is 0 Å². The monoisotopic (exact) mass is 497 g/mol. The van der Waals surface area contributed by atoms with Crippen LogP contribution in [0.3, 0.4) is 0 Å². The molecule has 1 aliphatic heterocycles. The fraction of sp³-hybridized carbons (Fsp3) is 0.320. The van der Waals surface area contributed by atoms with Crippen LogP contribution in [0.25, 0.3) is 0 Å². The van der Waals surface area contributed by atoms with Crippen molar-refractivity contribution in [2.45, 2.75) is 49.4 Å². The van der Waals surface area contributed by atoms with Crippen molar-refractivity contribution in [1.82, 2.24) is 0 Å². The molecule has 1 unspecified atom stereocenters. The molecule has 0 aromatic heterocycles. The summed E-state index contributed by atoms with van der Waals surface area (Å²) in [5, 5.41) is 8.91. The number of hydrogen-bond donors (Lipinski definition) is 0. The summed E-state index contributed by atoms with van der Waals surface area (Å²) in [5.41, 5.74) is 0.602. The van der Waals surface area contributed by atoms with Gasteiger partial charge >= 0.3 is 17.9 Å². The van der Waals surface area contributed by atoms with E-state index < -0.39 is 41.7 Å². The maximum atomic E-state index is 12.7. The number of carbonyl (C=O) groups excluding carboxylic acids is 4. The van der Waals surface area contributed by atoms with Crippen LogP contribution < -0.4 is 0 Å². The van der Waals surface area contributed by atoms with E-state index in [4.69, 9.17) is 24.2 Å². The molecule has 1 heterocycles. The molecule has 0 radical (unpaired) electrons. The zero-order valence-corrected chi connectivity index (χ0v) is 20.1. The van der Waals surface area contributed by atoms with Crippen molar-refractivity contribution >= 4 is 35.5 Å². The summed E-state index contributed by atoms with van der Waals surface area (Å²) in [5.74, 6) is -2.03. The number of carbonyl (C=O) groups is 4. The summed E-state index contributed by atoms with van der Waals surface area (Å²) in [6.45, 7) is 3.57. The van der Waals surface area contributed by atoms with Gasteiger partial charge < -0.3 is 18.9 Å². The Morgan fingerprint density at radius 3 is 1.86 bits per heavy atom. The number of hydrogen-bond acceptors (Lipinski definition) is 10. The predicted octanol–water partition coefficient (Wildman–Crippen LogP) is 3.03. The fourth-order valence-electron chi connectivity index (χ4n) is 3.49. The third-order valence-electron chi connectivity index (χ3n) is 4.95. The highest BCUT2D eigenvalue weighted by Gasteiger charge is 2.47. The average molecular weight is 498 g/mol. The van der Waals surface area contributed by atoms with E-state index in [1.807, 2.05) is 6.07 Å². The van der Waals surface area contributed by atoms with E-state index in [-0.39, 0.29) is 12.4 Å². The minimum Gasteiger partial charge on any atom is -0.456 e. The number of benzene rings is 2. The Bertz CT molecular complexity index is 1140. The number of esters is 3. The standard InChI is InChI=1S/C25H23NO8S/c1-14(27)32-21-13-31-25(24(34-16(3)29)23(21)33-15(2)28)35-20-10-8-19(9-11-20)22(30)18-6-4-17(12-26)5-7-18/h4-11,21,23-25H,13H2,1-3H3/t21-,23+,24-,25?/m1/s1. The van der Waals surface area contributed by atoms with Crippen LogP contribution in [0, 0.1) is 11.3 Å². The van der Waals surface area contributed by atoms with Gasteiger partial charge in [-0.05, 0) is 48.5 Å². The normalized spacial score (nSPS) is 21.3. The van der Waals surface area contributed by atoms with E-state index in [2.05, 4.69) is 0 Å². The zero-order valence-electron chi connectivity index (χ0n) is 19.3. The lowest BCUT2D eigenvalue weighted by molar-refractivity contribution is -0.213. The van der Waals surface area contributed by atoms with Crippen molar-refractivity contribution in [2.75, 3.05) is 6.61 Å². The first-order valence-corrected chi connectivity index (χ1v) is 11.5. The van der Waals surface area contributed by atoms with Crippen LogP contribution in [-0.4, -0.2) is 54.0 Å². The molecule has 2 aromatic rings. The SMILES string of the molecule is CC(=O)O[C@H]1[C@H](OC(C)=O)COC(Sc2ccc(C(=O)c3ccc(C#N)cc3)cc2)[C@@H]1OC(C)=O. The molecule has 0 aliphatic carbocycles. The lowest BCUT2D eigenvalue weighted by Crippen LogP contribution is -2.56. The van der Waals surface area contributed by atoms with Crippen molar-refractivity contribution in [2.24, 2.45) is 0 Å². The van der Waals surface area contributed by atoms with Gasteiger partial charge in [-0.15, -0.1) is 0 Å². The lowest BCUT2D eigenvalue weighted by atomic mass is 10.0. The van der Waals surface area contributed by atoms with E-state index >= 15 is 0 Å². The van der Waals surface area contributed by atoms with Crippen LogP contribution in [0.5, 0.6) is 0 Å². The van der Waals surface area contributed by atoms with Crippen LogP contribution in [0.15, 0.2) is 53.4 Å². The fourth-order valence-corrected chi connectivity index (χ4v) is 4.54. The van der Waals surface area contributed by atoms with Crippen LogP contribution in [-0.2, 0) is 33.3 Å². The molecule has 1 aliphatic rings. The predicted molar refractivity (Wildman–Crippen MR) is 123 cm³/mol. The molecule has 4 atom stereocenters. The summed E-state index contributed by atoms with van der Waals surface area (Å²) < 4.78 is 21.8. The highest BCUT2D eigenvalue weighted by molar-refractivity contribution is 7.99. The van der Waals surface area contributed by atoms with Crippen molar-refractivity contribution in [3.05, 3.63) is 65.2 Å². The average Bonchev–Trinajstić information content (AvgIpc) is 2.82. The number of nitrogens with zero attached hydrogens (tertiary/aromatic N) is 1. The van der Waals surface area contributed by atoms with Crippen LogP contribution >= 0.6 is 11.8 Å². The minimum absolute atomic E-state index is 0.0672. The molecule has 0 saturated carbocycles. The first-order chi connectivity index (χ1) is 16.7. The molecule has 0 spiro atoms. The first-order valence-electron chi connectivity index (χ1n) is 10.6. The molecule has 1 saturated heterocycles. The first kappa shape index (κ1) is 25.9. The van der Waals surface area contributed by atoms with E-state index in [1.54, 1.807) is 48.5 Å². The smallest absolute Gasteiger partial charge is 0.303 e. The van der Waals surface area contributed by atoms with Crippen molar-refractivity contribution in [3.63, 3.8) is 0 Å². The zero-order chi connectivity index (χ0) is 25.5. The third-order valence-corrected chi connectivity index (χ3v) is 6.13. The van der Waals surface area contributed by atoms with E-state index in [9.17, 15) is 19.2 Å². The topological polar surface area (TPSA) is 129 Å². The van der Waals surface area contributed by atoms with Crippen molar-refractivity contribution in [3.8, 4) is 6.07 Å². The van der Waals surface area contributed by atoms with Gasteiger partial charge in [-0.3, -0.25) is 19.2 Å². The summed E-state index contributed by atoms with van der Waals surface area (Å²) >= 11 is 1.21. The van der Waals surface area contributed by atoms with Crippen molar-refractivity contribution < 1.29 is 38.1 Å². The second kappa shape index (κ2) is 11.6. The quantitative estimate of drug-likeness (QED) is 0.320. The van der Waals surface area contributed by atoms with E-state index in [0.29, 0.717) is 21.6 Å². The van der Waals surface area contributed by atoms with Crippen LogP contribution in [0.4, 0.5) is 0 Å². The summed E-state index contributed by atoms with van der Waals surface area (Å²) in [7, 11) is 0. The maximum absolute atomic E-state index is 12.7. The van der Waals surface area contributed by atoms with Gasteiger partial charge in [0, 0.05) is 36.8 Å². The lowest BCUT2D eigenvalue weighted by Gasteiger charge is -2.40. The van der Waals surface area contributed by atoms with Gasteiger partial charge in [0.1, 0.15) is 5.44 Å². The second-order valence-electron chi connectivity index (χ2n) is 7.66. The second-order valence-corrected chi connectivity index (χ2v) is 8.83. The van der Waals surface area contributed by atoms with Crippen molar-refractivity contribution in [1.29, 1.82) is 5.26 Å². The van der Waals surface area contributed by atoms with Crippen LogP contribution in [0.1, 0.15) is 42.3 Å². The molecule has 0 amide bonds. The van der Waals surface area contributed by atoms with Gasteiger partial charge in [0.25, 0.3) is 0 Å². The number of nitriles is 1. The summed E-state index contributed by atoms with van der Waals surface area (Å²) in [6, 6.07) is 15.1. The Labute approximate surface area is 206 Å². The molecule has 1 fully saturated rings. The van der Waals surface area contributed by atoms with Gasteiger partial charge in [0.15, 0.2) is 24.1 Å². The molecule has 0 N–H and O–H groups in total. The molecule has 35 heavy (non-hydrogen) atoms. The van der Waals surface area contributed by atoms with E-state index in [0.717, 1.165) is 0 Å². The van der Waals surface area contributed by atoms with E-state index in [1.165, 1.54) is 32.5 Å². The Hall–Kier alpha value is -3.68. The van der Waals surface area contributed by atoms with Gasteiger partial charge in [-0.1, -0.05) is 11.8 Å². The molecular formula is C25H23NO8S. The molecule has 9 nitrogen and oxygen atoms in total. The minimum atomic E-state index is -1.05. The highest BCUT2D eigenvalue weighted by atomic mass is 32.2. The van der Waals surface area contributed by atoms with Gasteiger partial charge in [0.2, 0.25) is 0 Å². The largest absolute Gasteiger partial charge is 0.456 e. The molecule has 3 rings (SSSR count). The Kier molecular flexibility index (Phi) is 8.63. The number of thioether (sulfide) groups is 1. The number of rotatable bonds is 7. The van der Waals surface area contributed by atoms with Gasteiger partial charge in [0.05, 0.1) is 18.2 Å². The number of ether oxygens (including phenoxy) is 4. The van der Waals surface area contributed by atoms with Gasteiger partial charge in [-0.2, -0.15) is 5.26 Å². The summed E-state index contributed by atoms with van der Waals surface area (Å²) in [4.78, 5) is 48.4. The molecule has 10 heteroatoms. The summed E-state index contributed by atoms with van der Waals surface area (Å²) in [6.07, 6.45) is -3.03. The molecule has 2 aromatic carbocycles. The highest BCUT2D eigenvalue weighted by Crippen LogP contribution is 2.35. The Morgan fingerprint density at radius 1 is 0.829 bits per heavy atom. The Morgan fingerprint density at radius 2 is 1.34 bits per heavy atom. The maximum Gasteiger partial charge on any atom is 0.303 e. The molecule has 182 valence electrons. The number of ketones is 1. The van der Waals surface area contributed by atoms with Crippen LogP contribution in [0.2, 0.25) is 0 Å². The third kappa shape index (κ3) is 6.91. The molecular weight excluding hydrogens is 474 g/mol. The Balaban J connectivity index is 1.78.